The van der Waals surface area contributed by atoms with Gasteiger partial charge in [-0.25, -0.2) is 0 Å². The molecule has 0 atom stereocenters. The second-order valence-corrected chi connectivity index (χ2v) is 6.06. The highest BCUT2D eigenvalue weighted by molar-refractivity contribution is 6.34. The molecule has 0 radical (unpaired) electrons. The number of carbonyl (C=O) groups is 1. The number of carbonyl (C=O) groups excluding carboxylic acids is 1. The van der Waals surface area contributed by atoms with Crippen LogP contribution in [0.5, 0.6) is 5.75 Å². The van der Waals surface area contributed by atoms with E-state index >= 15 is 0 Å². The van der Waals surface area contributed by atoms with Gasteiger partial charge in [0.25, 0.3) is 0 Å². The summed E-state index contributed by atoms with van der Waals surface area (Å²) in [6, 6.07) is 13.1. The van der Waals surface area contributed by atoms with E-state index in [1.165, 1.54) is 0 Å². The first kappa shape index (κ1) is 17.6. The van der Waals surface area contributed by atoms with Crippen molar-refractivity contribution in [1.29, 1.82) is 0 Å². The molecule has 0 saturated heterocycles. The van der Waals surface area contributed by atoms with Crippen molar-refractivity contribution in [3.8, 4) is 5.75 Å². The van der Waals surface area contributed by atoms with Gasteiger partial charge in [0.2, 0.25) is 5.91 Å². The molecule has 23 heavy (non-hydrogen) atoms. The first-order valence-electron chi connectivity index (χ1n) is 7.42. The molecule has 5 heteroatoms. The van der Waals surface area contributed by atoms with Crippen molar-refractivity contribution in [2.24, 2.45) is 0 Å². The number of hydrogen-bond donors (Lipinski definition) is 1. The van der Waals surface area contributed by atoms with Crippen molar-refractivity contribution < 1.29 is 9.53 Å². The Balaban J connectivity index is 1.77. The largest absolute Gasteiger partial charge is 0.496 e. The SMILES string of the molecule is COc1ccccc1CCC(=O)NCCc1cc(Cl)cc(Cl)c1. The van der Waals surface area contributed by atoms with Gasteiger partial charge in [0.05, 0.1) is 7.11 Å². The van der Waals surface area contributed by atoms with E-state index in [1.807, 2.05) is 36.4 Å². The van der Waals surface area contributed by atoms with E-state index < -0.39 is 0 Å². The van der Waals surface area contributed by atoms with Gasteiger partial charge < -0.3 is 10.1 Å². The standard InChI is InChI=1S/C18H19Cl2NO2/c1-23-17-5-3-2-4-14(17)6-7-18(22)21-9-8-13-10-15(19)12-16(20)11-13/h2-5,10-12H,6-9H2,1H3,(H,21,22). The molecule has 2 aromatic carbocycles. The zero-order valence-electron chi connectivity index (χ0n) is 12.9. The summed E-state index contributed by atoms with van der Waals surface area (Å²) in [5, 5.41) is 4.12. The quantitative estimate of drug-likeness (QED) is 0.807. The number of benzene rings is 2. The second-order valence-electron chi connectivity index (χ2n) is 5.19. The maximum atomic E-state index is 11.9. The van der Waals surface area contributed by atoms with Crippen LogP contribution in [0.15, 0.2) is 42.5 Å². The Morgan fingerprint density at radius 2 is 1.78 bits per heavy atom. The van der Waals surface area contributed by atoms with Crippen molar-refractivity contribution in [3.05, 3.63) is 63.6 Å². The van der Waals surface area contributed by atoms with Crippen LogP contribution in [0, 0.1) is 0 Å². The molecule has 0 unspecified atom stereocenters. The molecule has 0 aliphatic rings. The van der Waals surface area contributed by atoms with E-state index in [0.29, 0.717) is 35.9 Å². The highest BCUT2D eigenvalue weighted by atomic mass is 35.5. The van der Waals surface area contributed by atoms with Crippen LogP contribution in [0.4, 0.5) is 0 Å². The molecule has 0 aliphatic carbocycles. The van der Waals surface area contributed by atoms with Crippen molar-refractivity contribution in [1.82, 2.24) is 5.32 Å². The number of amides is 1. The molecule has 0 spiro atoms. The van der Waals surface area contributed by atoms with Gasteiger partial charge in [-0.3, -0.25) is 4.79 Å². The van der Waals surface area contributed by atoms with Crippen molar-refractivity contribution in [2.45, 2.75) is 19.3 Å². The minimum absolute atomic E-state index is 0.0176. The molecule has 0 bridgehead atoms. The fraction of sp³-hybridized carbons (Fsp3) is 0.278. The van der Waals surface area contributed by atoms with Gasteiger partial charge in [0.15, 0.2) is 0 Å². The highest BCUT2D eigenvalue weighted by Gasteiger charge is 2.06. The lowest BCUT2D eigenvalue weighted by molar-refractivity contribution is -0.121. The third-order valence-corrected chi connectivity index (χ3v) is 3.91. The monoisotopic (exact) mass is 351 g/mol. The van der Waals surface area contributed by atoms with Crippen LogP contribution in [0.25, 0.3) is 0 Å². The maximum Gasteiger partial charge on any atom is 0.220 e. The van der Waals surface area contributed by atoms with Gasteiger partial charge in [-0.15, -0.1) is 0 Å². The molecule has 0 heterocycles. The molecule has 2 rings (SSSR count). The number of halogens is 2. The van der Waals surface area contributed by atoms with E-state index in [4.69, 9.17) is 27.9 Å². The Labute approximate surface area is 146 Å². The van der Waals surface area contributed by atoms with Crippen LogP contribution in [0.3, 0.4) is 0 Å². The number of methoxy groups -OCH3 is 1. The topological polar surface area (TPSA) is 38.3 Å². The van der Waals surface area contributed by atoms with Gasteiger partial charge in [0, 0.05) is 23.0 Å². The van der Waals surface area contributed by atoms with E-state index in [9.17, 15) is 4.79 Å². The second kappa shape index (κ2) is 8.80. The smallest absolute Gasteiger partial charge is 0.220 e. The Kier molecular flexibility index (Phi) is 6.75. The average molecular weight is 352 g/mol. The minimum atomic E-state index is 0.0176. The Morgan fingerprint density at radius 1 is 1.09 bits per heavy atom. The summed E-state index contributed by atoms with van der Waals surface area (Å²) >= 11 is 11.9. The van der Waals surface area contributed by atoms with Gasteiger partial charge in [-0.2, -0.15) is 0 Å². The molecule has 0 aromatic heterocycles. The summed E-state index contributed by atoms with van der Waals surface area (Å²) in [5.74, 6) is 0.831. The first-order chi connectivity index (χ1) is 11.1. The zero-order valence-corrected chi connectivity index (χ0v) is 14.5. The number of para-hydroxylation sites is 1. The maximum absolute atomic E-state index is 11.9. The van der Waals surface area contributed by atoms with Crippen molar-refractivity contribution >= 4 is 29.1 Å². The molecule has 0 fully saturated rings. The summed E-state index contributed by atoms with van der Waals surface area (Å²) in [4.78, 5) is 11.9. The lowest BCUT2D eigenvalue weighted by Gasteiger charge is -2.09. The fourth-order valence-corrected chi connectivity index (χ4v) is 2.92. The summed E-state index contributed by atoms with van der Waals surface area (Å²) in [7, 11) is 1.63. The normalized spacial score (nSPS) is 10.4. The van der Waals surface area contributed by atoms with E-state index in [2.05, 4.69) is 5.32 Å². The van der Waals surface area contributed by atoms with E-state index in [0.717, 1.165) is 16.9 Å². The summed E-state index contributed by atoms with van der Waals surface area (Å²) in [5.41, 5.74) is 2.04. The van der Waals surface area contributed by atoms with Crippen LogP contribution in [-0.2, 0) is 17.6 Å². The van der Waals surface area contributed by atoms with Crippen LogP contribution in [-0.4, -0.2) is 19.6 Å². The van der Waals surface area contributed by atoms with Crippen LogP contribution >= 0.6 is 23.2 Å². The summed E-state index contributed by atoms with van der Waals surface area (Å²) < 4.78 is 5.28. The predicted molar refractivity (Wildman–Crippen MR) is 94.5 cm³/mol. The Hall–Kier alpha value is -1.71. The number of nitrogens with one attached hydrogen (secondary N) is 1. The van der Waals surface area contributed by atoms with Gasteiger partial charge in [-0.1, -0.05) is 41.4 Å². The van der Waals surface area contributed by atoms with Crippen molar-refractivity contribution in [3.63, 3.8) is 0 Å². The van der Waals surface area contributed by atoms with Gasteiger partial charge in [-0.05, 0) is 48.2 Å². The lowest BCUT2D eigenvalue weighted by Crippen LogP contribution is -2.25. The molecule has 1 amide bonds. The minimum Gasteiger partial charge on any atom is -0.496 e. The zero-order chi connectivity index (χ0) is 16.7. The van der Waals surface area contributed by atoms with Gasteiger partial charge in [0.1, 0.15) is 5.75 Å². The summed E-state index contributed by atoms with van der Waals surface area (Å²) in [6.07, 6.45) is 1.77. The molecule has 2 aromatic rings. The van der Waals surface area contributed by atoms with E-state index in [1.54, 1.807) is 13.2 Å². The van der Waals surface area contributed by atoms with Crippen molar-refractivity contribution in [2.75, 3.05) is 13.7 Å². The molecule has 122 valence electrons. The number of hydrogen-bond acceptors (Lipinski definition) is 2. The van der Waals surface area contributed by atoms with Crippen LogP contribution < -0.4 is 10.1 Å². The Bertz CT molecular complexity index is 654. The lowest BCUT2D eigenvalue weighted by atomic mass is 10.1. The molecule has 0 aliphatic heterocycles. The third kappa shape index (κ3) is 5.77. The first-order valence-corrected chi connectivity index (χ1v) is 8.17. The molecule has 0 saturated carbocycles. The fourth-order valence-electron chi connectivity index (χ4n) is 2.35. The summed E-state index contributed by atoms with van der Waals surface area (Å²) in [6.45, 7) is 0.557. The number of ether oxygens (including phenoxy) is 1. The van der Waals surface area contributed by atoms with Crippen LogP contribution in [0.1, 0.15) is 17.5 Å². The van der Waals surface area contributed by atoms with Crippen LogP contribution in [0.2, 0.25) is 10.0 Å². The molecule has 1 N–H and O–H groups in total. The predicted octanol–water partition coefficient (Wildman–Crippen LogP) is 4.29. The Morgan fingerprint density at radius 3 is 2.48 bits per heavy atom. The highest BCUT2D eigenvalue weighted by Crippen LogP contribution is 2.20. The number of aryl methyl sites for hydroxylation is 1. The number of rotatable bonds is 7. The molecule has 3 nitrogen and oxygen atoms in total. The van der Waals surface area contributed by atoms with E-state index in [-0.39, 0.29) is 5.91 Å². The third-order valence-electron chi connectivity index (χ3n) is 3.47. The molecular formula is C18H19Cl2NO2. The molecular weight excluding hydrogens is 333 g/mol. The van der Waals surface area contributed by atoms with Gasteiger partial charge >= 0.3 is 0 Å². The average Bonchev–Trinajstić information content (AvgIpc) is 2.52.